The zero-order valence-corrected chi connectivity index (χ0v) is 13.2. The fraction of sp³-hybridized carbons (Fsp3) is 1.00. The molecule has 0 spiro atoms. The van der Waals surface area contributed by atoms with E-state index in [0.29, 0.717) is 6.61 Å². The third-order valence-electron chi connectivity index (χ3n) is 3.28. The van der Waals surface area contributed by atoms with Crippen molar-refractivity contribution in [2.75, 3.05) is 40.0 Å². The molecule has 0 saturated heterocycles. The molecule has 0 aliphatic heterocycles. The molecule has 0 amide bonds. The lowest BCUT2D eigenvalue weighted by Crippen LogP contribution is -2.17. The van der Waals surface area contributed by atoms with E-state index in [1.54, 1.807) is 7.11 Å². The topological polar surface area (TPSA) is 30.5 Å². The smallest absolute Gasteiger partial charge is 0.0700 e. The molecule has 0 radical (unpaired) electrons. The zero-order valence-electron chi connectivity index (χ0n) is 13.2. The van der Waals surface area contributed by atoms with E-state index in [9.17, 15) is 0 Å². The van der Waals surface area contributed by atoms with Gasteiger partial charge in [0.1, 0.15) is 0 Å². The van der Waals surface area contributed by atoms with Crippen LogP contribution in [0.15, 0.2) is 0 Å². The average molecular weight is 273 g/mol. The fourth-order valence-corrected chi connectivity index (χ4v) is 2.03. The van der Waals surface area contributed by atoms with Crippen molar-refractivity contribution in [1.82, 2.24) is 5.32 Å². The first-order valence-corrected chi connectivity index (χ1v) is 8.19. The van der Waals surface area contributed by atoms with Gasteiger partial charge in [-0.15, -0.1) is 0 Å². The van der Waals surface area contributed by atoms with Gasteiger partial charge in [0.2, 0.25) is 0 Å². The molecule has 0 unspecified atom stereocenters. The highest BCUT2D eigenvalue weighted by Crippen LogP contribution is 2.06. The molecule has 0 aliphatic carbocycles. The van der Waals surface area contributed by atoms with Gasteiger partial charge in [-0.3, -0.25) is 0 Å². The molecule has 0 rings (SSSR count). The maximum atomic E-state index is 5.41. The minimum absolute atomic E-state index is 0.705. The van der Waals surface area contributed by atoms with Crippen molar-refractivity contribution in [2.24, 2.45) is 0 Å². The highest BCUT2D eigenvalue weighted by Gasteiger charge is 1.92. The summed E-state index contributed by atoms with van der Waals surface area (Å²) in [6, 6.07) is 0. The standard InChI is InChI=1S/C16H35NO2/c1-3-4-5-6-7-8-9-12-17-13-10-11-14-19-16-15-18-2/h17H,3-16H2,1-2H3. The number of methoxy groups -OCH3 is 1. The number of nitrogens with one attached hydrogen (secondary N) is 1. The Balaban J connectivity index is 2.88. The summed E-state index contributed by atoms with van der Waals surface area (Å²) in [7, 11) is 1.71. The maximum absolute atomic E-state index is 5.41. The molecular weight excluding hydrogens is 238 g/mol. The Kier molecular flexibility index (Phi) is 17.8. The number of ether oxygens (including phenoxy) is 2. The van der Waals surface area contributed by atoms with Crippen LogP contribution in [0.2, 0.25) is 0 Å². The van der Waals surface area contributed by atoms with Crippen LogP contribution in [-0.4, -0.2) is 40.0 Å². The molecule has 1 N–H and O–H groups in total. The van der Waals surface area contributed by atoms with E-state index in [4.69, 9.17) is 9.47 Å². The molecule has 0 aromatic rings. The lowest BCUT2D eigenvalue weighted by atomic mass is 10.1. The highest BCUT2D eigenvalue weighted by atomic mass is 16.5. The third-order valence-corrected chi connectivity index (χ3v) is 3.28. The van der Waals surface area contributed by atoms with Crippen LogP contribution in [0.5, 0.6) is 0 Å². The second-order valence-electron chi connectivity index (χ2n) is 5.18. The normalized spacial score (nSPS) is 11.1. The van der Waals surface area contributed by atoms with Gasteiger partial charge < -0.3 is 14.8 Å². The Morgan fingerprint density at radius 1 is 0.684 bits per heavy atom. The van der Waals surface area contributed by atoms with Crippen LogP contribution < -0.4 is 5.32 Å². The summed E-state index contributed by atoms with van der Waals surface area (Å²) in [6.07, 6.45) is 12.1. The number of rotatable bonds is 16. The van der Waals surface area contributed by atoms with Gasteiger partial charge in [0.15, 0.2) is 0 Å². The van der Waals surface area contributed by atoms with E-state index < -0.39 is 0 Å². The van der Waals surface area contributed by atoms with Crippen LogP contribution >= 0.6 is 0 Å². The number of hydrogen-bond acceptors (Lipinski definition) is 3. The molecular formula is C16H35NO2. The number of hydrogen-bond donors (Lipinski definition) is 1. The van der Waals surface area contributed by atoms with Crippen molar-refractivity contribution >= 4 is 0 Å². The van der Waals surface area contributed by atoms with Crippen LogP contribution in [0.4, 0.5) is 0 Å². The van der Waals surface area contributed by atoms with Crippen LogP contribution in [-0.2, 0) is 9.47 Å². The predicted molar refractivity (Wildman–Crippen MR) is 82.8 cm³/mol. The Labute approximate surface area is 120 Å². The predicted octanol–water partition coefficient (Wildman–Crippen LogP) is 3.77. The largest absolute Gasteiger partial charge is 0.382 e. The maximum Gasteiger partial charge on any atom is 0.0700 e. The SMILES string of the molecule is CCCCCCCCCNCCCCOCCOC. The Bertz CT molecular complexity index is 138. The van der Waals surface area contributed by atoms with Gasteiger partial charge in [-0.2, -0.15) is 0 Å². The van der Waals surface area contributed by atoms with E-state index in [1.165, 1.54) is 57.9 Å². The summed E-state index contributed by atoms with van der Waals surface area (Å²) in [5.41, 5.74) is 0. The van der Waals surface area contributed by atoms with Gasteiger partial charge in [-0.1, -0.05) is 45.4 Å². The molecule has 19 heavy (non-hydrogen) atoms. The van der Waals surface area contributed by atoms with Gasteiger partial charge in [-0.25, -0.2) is 0 Å². The van der Waals surface area contributed by atoms with Crippen LogP contribution in [0.3, 0.4) is 0 Å². The fourth-order valence-electron chi connectivity index (χ4n) is 2.03. The van der Waals surface area contributed by atoms with E-state index in [1.807, 2.05) is 0 Å². The van der Waals surface area contributed by atoms with Crippen molar-refractivity contribution in [3.05, 3.63) is 0 Å². The van der Waals surface area contributed by atoms with Gasteiger partial charge in [0.05, 0.1) is 13.2 Å². The summed E-state index contributed by atoms with van der Waals surface area (Å²) >= 11 is 0. The molecule has 0 aliphatic rings. The third kappa shape index (κ3) is 17.9. The van der Waals surface area contributed by atoms with E-state index in [2.05, 4.69) is 12.2 Å². The van der Waals surface area contributed by atoms with Crippen molar-refractivity contribution in [2.45, 2.75) is 64.7 Å². The summed E-state index contributed by atoms with van der Waals surface area (Å²) < 4.78 is 10.3. The van der Waals surface area contributed by atoms with Crippen molar-refractivity contribution in [3.8, 4) is 0 Å². The molecule has 0 aromatic carbocycles. The van der Waals surface area contributed by atoms with Crippen molar-refractivity contribution in [3.63, 3.8) is 0 Å². The number of unbranched alkanes of at least 4 members (excludes halogenated alkanes) is 7. The molecule has 0 bridgehead atoms. The van der Waals surface area contributed by atoms with Crippen LogP contribution in [0.25, 0.3) is 0 Å². The average Bonchev–Trinajstić information content (AvgIpc) is 2.43. The van der Waals surface area contributed by atoms with Crippen molar-refractivity contribution < 1.29 is 9.47 Å². The summed E-state index contributed by atoms with van der Waals surface area (Å²) in [5.74, 6) is 0. The van der Waals surface area contributed by atoms with Crippen LogP contribution in [0.1, 0.15) is 64.7 Å². The highest BCUT2D eigenvalue weighted by molar-refractivity contribution is 4.51. The molecule has 3 nitrogen and oxygen atoms in total. The zero-order chi connectivity index (χ0) is 14.0. The first-order valence-electron chi connectivity index (χ1n) is 8.19. The Morgan fingerprint density at radius 3 is 2.00 bits per heavy atom. The molecule has 3 heteroatoms. The van der Waals surface area contributed by atoms with E-state index >= 15 is 0 Å². The minimum Gasteiger partial charge on any atom is -0.382 e. The second-order valence-corrected chi connectivity index (χ2v) is 5.18. The molecule has 116 valence electrons. The van der Waals surface area contributed by atoms with Gasteiger partial charge >= 0.3 is 0 Å². The van der Waals surface area contributed by atoms with Crippen LogP contribution in [0, 0.1) is 0 Å². The first-order chi connectivity index (χ1) is 9.41. The first kappa shape index (κ1) is 18.9. The van der Waals surface area contributed by atoms with E-state index in [0.717, 1.165) is 26.2 Å². The molecule has 0 fully saturated rings. The minimum atomic E-state index is 0.705. The Morgan fingerprint density at radius 2 is 1.32 bits per heavy atom. The quantitative estimate of drug-likeness (QED) is 0.434. The summed E-state index contributed by atoms with van der Waals surface area (Å²) in [5, 5.41) is 3.51. The van der Waals surface area contributed by atoms with Gasteiger partial charge in [0, 0.05) is 13.7 Å². The second kappa shape index (κ2) is 17.9. The lowest BCUT2D eigenvalue weighted by Gasteiger charge is -2.06. The van der Waals surface area contributed by atoms with Crippen molar-refractivity contribution in [1.29, 1.82) is 0 Å². The van der Waals surface area contributed by atoms with E-state index in [-0.39, 0.29) is 0 Å². The summed E-state index contributed by atoms with van der Waals surface area (Å²) in [6.45, 7) is 6.87. The lowest BCUT2D eigenvalue weighted by molar-refractivity contribution is 0.0688. The van der Waals surface area contributed by atoms with Gasteiger partial charge in [-0.05, 0) is 32.4 Å². The molecule has 0 aromatic heterocycles. The summed E-state index contributed by atoms with van der Waals surface area (Å²) in [4.78, 5) is 0. The molecule has 0 saturated carbocycles. The van der Waals surface area contributed by atoms with Gasteiger partial charge in [0.25, 0.3) is 0 Å². The monoisotopic (exact) mass is 273 g/mol. The Hall–Kier alpha value is -0.120. The molecule has 0 atom stereocenters. The molecule has 0 heterocycles.